The van der Waals surface area contributed by atoms with Crippen molar-refractivity contribution in [3.05, 3.63) is 28.8 Å². The molecular weight excluding hydrogens is 297 g/mol. The minimum absolute atomic E-state index is 0.00336. The van der Waals surface area contributed by atoms with Gasteiger partial charge in [-0.2, -0.15) is 13.2 Å². The summed E-state index contributed by atoms with van der Waals surface area (Å²) >= 11 is 5.76. The summed E-state index contributed by atoms with van der Waals surface area (Å²) in [6, 6.07) is 4.37. The third-order valence-corrected chi connectivity index (χ3v) is 3.27. The van der Waals surface area contributed by atoms with E-state index in [4.69, 9.17) is 11.6 Å². The summed E-state index contributed by atoms with van der Waals surface area (Å²) < 4.78 is 36.6. The Labute approximate surface area is 117 Å². The maximum atomic E-state index is 12.2. The fourth-order valence-corrected chi connectivity index (χ4v) is 2.09. The normalized spacial score (nSPS) is 18.8. The first kappa shape index (κ1) is 14.6. The van der Waals surface area contributed by atoms with E-state index in [0.29, 0.717) is 12.1 Å². The highest BCUT2D eigenvalue weighted by Crippen LogP contribution is 2.31. The Bertz CT molecular complexity index is 560. The van der Waals surface area contributed by atoms with Crippen LogP contribution in [0, 0.1) is 0 Å². The van der Waals surface area contributed by atoms with Gasteiger partial charge in [0.25, 0.3) is 0 Å². The second-order valence-electron chi connectivity index (χ2n) is 4.40. The molecule has 20 heavy (non-hydrogen) atoms. The van der Waals surface area contributed by atoms with E-state index in [2.05, 4.69) is 5.32 Å². The molecular formula is C12H10ClF3N2O2. The van der Waals surface area contributed by atoms with Crippen molar-refractivity contribution in [3.8, 4) is 0 Å². The fraction of sp³-hybridized carbons (Fsp3) is 0.333. The highest BCUT2D eigenvalue weighted by atomic mass is 35.5. The average molecular weight is 307 g/mol. The molecule has 1 aromatic rings. The standard InChI is InChI=1S/C12H10ClF3N2O2/c13-8-2-1-6(7-4-10(19)17-5-7)3-9(8)18-11(20)12(14,15)16/h1-3,7H,4-5H2,(H,17,19)(H,18,20). The van der Waals surface area contributed by atoms with Crippen LogP contribution in [0.25, 0.3) is 0 Å². The highest BCUT2D eigenvalue weighted by molar-refractivity contribution is 6.33. The molecule has 2 amide bonds. The summed E-state index contributed by atoms with van der Waals surface area (Å²) in [5.74, 6) is -2.34. The summed E-state index contributed by atoms with van der Waals surface area (Å²) in [4.78, 5) is 22.0. The Hall–Kier alpha value is -1.76. The van der Waals surface area contributed by atoms with E-state index in [0.717, 1.165) is 0 Å². The molecule has 4 nitrogen and oxygen atoms in total. The number of rotatable bonds is 2. The van der Waals surface area contributed by atoms with Crippen molar-refractivity contribution in [2.24, 2.45) is 0 Å². The number of amides is 2. The van der Waals surface area contributed by atoms with Gasteiger partial charge in [-0.05, 0) is 17.7 Å². The number of benzene rings is 1. The molecule has 1 saturated heterocycles. The monoisotopic (exact) mass is 306 g/mol. The second kappa shape index (κ2) is 5.32. The molecule has 8 heteroatoms. The second-order valence-corrected chi connectivity index (χ2v) is 4.80. The number of hydrogen-bond acceptors (Lipinski definition) is 2. The van der Waals surface area contributed by atoms with Crippen LogP contribution in [0.4, 0.5) is 18.9 Å². The van der Waals surface area contributed by atoms with Crippen molar-refractivity contribution in [1.82, 2.24) is 5.32 Å². The van der Waals surface area contributed by atoms with Gasteiger partial charge >= 0.3 is 12.1 Å². The maximum Gasteiger partial charge on any atom is 0.471 e. The Morgan fingerprint density at radius 2 is 2.10 bits per heavy atom. The van der Waals surface area contributed by atoms with E-state index in [1.165, 1.54) is 12.1 Å². The van der Waals surface area contributed by atoms with Gasteiger partial charge in [0.05, 0.1) is 10.7 Å². The van der Waals surface area contributed by atoms with Crippen LogP contribution in [0.15, 0.2) is 18.2 Å². The molecule has 0 aliphatic carbocycles. The minimum atomic E-state index is -4.98. The molecule has 0 bridgehead atoms. The Morgan fingerprint density at radius 3 is 2.65 bits per heavy atom. The Balaban J connectivity index is 2.21. The minimum Gasteiger partial charge on any atom is -0.355 e. The van der Waals surface area contributed by atoms with Crippen molar-refractivity contribution < 1.29 is 22.8 Å². The Kier molecular flexibility index (Phi) is 3.89. The quantitative estimate of drug-likeness (QED) is 0.882. The number of anilines is 1. The van der Waals surface area contributed by atoms with Crippen LogP contribution >= 0.6 is 11.6 Å². The van der Waals surface area contributed by atoms with Crippen LogP contribution in [0.5, 0.6) is 0 Å². The lowest BCUT2D eigenvalue weighted by Gasteiger charge is -2.13. The van der Waals surface area contributed by atoms with Crippen LogP contribution in [0.1, 0.15) is 17.9 Å². The molecule has 1 aromatic carbocycles. The summed E-state index contributed by atoms with van der Waals surface area (Å²) in [5, 5.41) is 4.36. The zero-order valence-electron chi connectivity index (χ0n) is 10.1. The largest absolute Gasteiger partial charge is 0.471 e. The predicted molar refractivity (Wildman–Crippen MR) is 66.5 cm³/mol. The topological polar surface area (TPSA) is 58.2 Å². The number of hydrogen-bond donors (Lipinski definition) is 2. The summed E-state index contributed by atoms with van der Waals surface area (Å²) in [6.45, 7) is 0.410. The van der Waals surface area contributed by atoms with Crippen molar-refractivity contribution in [3.63, 3.8) is 0 Å². The van der Waals surface area contributed by atoms with Gasteiger partial charge < -0.3 is 10.6 Å². The molecule has 0 spiro atoms. The summed E-state index contributed by atoms with van der Waals surface area (Å²) in [6.07, 6.45) is -4.72. The first-order valence-corrected chi connectivity index (χ1v) is 6.09. The van der Waals surface area contributed by atoms with Crippen molar-refractivity contribution in [1.29, 1.82) is 0 Å². The maximum absolute atomic E-state index is 12.2. The molecule has 1 aliphatic rings. The van der Waals surface area contributed by atoms with E-state index in [-0.39, 0.29) is 29.0 Å². The van der Waals surface area contributed by atoms with Crippen LogP contribution < -0.4 is 10.6 Å². The predicted octanol–water partition coefficient (Wildman–Crippen LogP) is 2.44. The molecule has 0 radical (unpaired) electrons. The molecule has 1 aliphatic heterocycles. The van der Waals surface area contributed by atoms with Gasteiger partial charge in [-0.1, -0.05) is 17.7 Å². The molecule has 1 heterocycles. The van der Waals surface area contributed by atoms with Gasteiger partial charge in [0, 0.05) is 18.9 Å². The third-order valence-electron chi connectivity index (χ3n) is 2.94. The van der Waals surface area contributed by atoms with E-state index >= 15 is 0 Å². The van der Waals surface area contributed by atoms with Crippen LogP contribution in [-0.4, -0.2) is 24.5 Å². The zero-order valence-corrected chi connectivity index (χ0v) is 10.8. The van der Waals surface area contributed by atoms with E-state index in [9.17, 15) is 22.8 Å². The molecule has 2 rings (SSSR count). The van der Waals surface area contributed by atoms with Gasteiger partial charge in [-0.15, -0.1) is 0 Å². The molecule has 1 unspecified atom stereocenters. The molecule has 108 valence electrons. The SMILES string of the molecule is O=C1CC(c2ccc(Cl)c(NC(=O)C(F)(F)F)c2)CN1. The zero-order chi connectivity index (χ0) is 14.9. The van der Waals surface area contributed by atoms with Gasteiger partial charge in [0.2, 0.25) is 5.91 Å². The first-order chi connectivity index (χ1) is 9.27. The lowest BCUT2D eigenvalue weighted by atomic mass is 9.98. The lowest BCUT2D eigenvalue weighted by Crippen LogP contribution is -2.30. The van der Waals surface area contributed by atoms with Crippen molar-refractivity contribution in [2.75, 3.05) is 11.9 Å². The Morgan fingerprint density at radius 1 is 1.40 bits per heavy atom. The van der Waals surface area contributed by atoms with Crippen LogP contribution in [0.2, 0.25) is 5.02 Å². The molecule has 1 fully saturated rings. The summed E-state index contributed by atoms with van der Waals surface area (Å²) in [7, 11) is 0. The van der Waals surface area contributed by atoms with Gasteiger partial charge in [0.1, 0.15) is 0 Å². The summed E-state index contributed by atoms with van der Waals surface area (Å²) in [5.41, 5.74) is 0.524. The number of carbonyl (C=O) groups excluding carboxylic acids is 2. The molecule has 0 saturated carbocycles. The molecule has 2 N–H and O–H groups in total. The van der Waals surface area contributed by atoms with Crippen molar-refractivity contribution >= 4 is 29.1 Å². The number of nitrogens with one attached hydrogen (secondary N) is 2. The van der Waals surface area contributed by atoms with Crippen LogP contribution in [0.3, 0.4) is 0 Å². The van der Waals surface area contributed by atoms with E-state index in [1.807, 2.05) is 0 Å². The fourth-order valence-electron chi connectivity index (χ4n) is 1.93. The van der Waals surface area contributed by atoms with Gasteiger partial charge in [0.15, 0.2) is 0 Å². The third kappa shape index (κ3) is 3.22. The number of carbonyl (C=O) groups is 2. The highest BCUT2D eigenvalue weighted by Gasteiger charge is 2.39. The lowest BCUT2D eigenvalue weighted by molar-refractivity contribution is -0.167. The number of alkyl halides is 3. The van der Waals surface area contributed by atoms with Gasteiger partial charge in [-0.25, -0.2) is 0 Å². The smallest absolute Gasteiger partial charge is 0.355 e. The molecule has 0 aromatic heterocycles. The number of halogens is 4. The van der Waals surface area contributed by atoms with E-state index < -0.39 is 12.1 Å². The van der Waals surface area contributed by atoms with E-state index in [1.54, 1.807) is 11.4 Å². The average Bonchev–Trinajstić information content (AvgIpc) is 2.77. The molecule has 1 atom stereocenters. The van der Waals surface area contributed by atoms with Gasteiger partial charge in [-0.3, -0.25) is 9.59 Å². The first-order valence-electron chi connectivity index (χ1n) is 5.71. The van der Waals surface area contributed by atoms with Crippen LogP contribution in [-0.2, 0) is 9.59 Å². The van der Waals surface area contributed by atoms with Crippen molar-refractivity contribution in [2.45, 2.75) is 18.5 Å².